The molecule has 3 aromatic rings. The fourth-order valence-electron chi connectivity index (χ4n) is 6.38. The summed E-state index contributed by atoms with van der Waals surface area (Å²) in [6.07, 6.45) is 9.06. The second-order valence-corrected chi connectivity index (χ2v) is 13.2. The first-order chi connectivity index (χ1) is 17.6. The zero-order valence-corrected chi connectivity index (χ0v) is 22.7. The van der Waals surface area contributed by atoms with Crippen LogP contribution in [0.15, 0.2) is 40.9 Å². The van der Waals surface area contributed by atoms with E-state index >= 15 is 0 Å². The summed E-state index contributed by atoms with van der Waals surface area (Å²) in [7, 11) is -1.86. The van der Waals surface area contributed by atoms with Crippen LogP contribution in [0.5, 0.6) is 0 Å². The molecule has 0 radical (unpaired) electrons. The molecule has 2 aromatic heterocycles. The number of sulfonamides is 1. The molecule has 0 bridgehead atoms. The molecule has 37 heavy (non-hydrogen) atoms. The van der Waals surface area contributed by atoms with Crippen molar-refractivity contribution in [1.29, 1.82) is 0 Å². The van der Waals surface area contributed by atoms with E-state index in [4.69, 9.17) is 0 Å². The summed E-state index contributed by atoms with van der Waals surface area (Å²) in [5.74, 6) is 0.395. The van der Waals surface area contributed by atoms with Crippen LogP contribution in [-0.2, 0) is 23.5 Å². The van der Waals surface area contributed by atoms with Gasteiger partial charge in [-0.3, -0.25) is 4.68 Å². The number of hydrogen-bond donors (Lipinski definition) is 0. The molecule has 0 saturated heterocycles. The summed E-state index contributed by atoms with van der Waals surface area (Å²) >= 11 is 0. The molecule has 2 heterocycles. The van der Waals surface area contributed by atoms with Gasteiger partial charge >= 0.3 is 0 Å². The number of nitrogens with zero attached hydrogens (tertiary/aromatic N) is 5. The highest BCUT2D eigenvalue weighted by Crippen LogP contribution is 2.53. The fraction of sp³-hybridized carbons (Fsp3) is 0.500. The molecule has 0 N–H and O–H groups in total. The van der Waals surface area contributed by atoms with Crippen LogP contribution in [0.1, 0.15) is 55.3 Å². The highest BCUT2D eigenvalue weighted by Gasteiger charge is 2.48. The predicted octanol–water partition coefficient (Wildman–Crippen LogP) is 4.82. The monoisotopic (exact) mass is 523 g/mol. The number of halogens is 1. The zero-order valence-electron chi connectivity index (χ0n) is 21.9. The number of benzene rings is 1. The topological polar surface area (TPSA) is 73.0 Å². The van der Waals surface area contributed by atoms with E-state index in [0.29, 0.717) is 35.3 Å². The summed E-state index contributed by atoms with van der Waals surface area (Å²) in [5.41, 5.74) is 5.51. The minimum atomic E-state index is -3.66. The third-order valence-electron chi connectivity index (χ3n) is 8.85. The van der Waals surface area contributed by atoms with E-state index in [1.54, 1.807) is 35.1 Å². The molecule has 3 aliphatic rings. The Bertz CT molecular complexity index is 1500. The first kappa shape index (κ1) is 24.6. The average Bonchev–Trinajstić information content (AvgIpc) is 3.41. The van der Waals surface area contributed by atoms with Gasteiger partial charge in [-0.15, -0.1) is 0 Å². The van der Waals surface area contributed by atoms with Crippen molar-refractivity contribution in [3.63, 3.8) is 0 Å². The zero-order chi connectivity index (χ0) is 26.1. The van der Waals surface area contributed by atoms with Gasteiger partial charge in [0, 0.05) is 20.1 Å². The number of fused-ring (bicyclic) bond motifs is 2. The fourth-order valence-corrected chi connectivity index (χ4v) is 8.34. The van der Waals surface area contributed by atoms with Gasteiger partial charge in [-0.05, 0) is 99.1 Å². The van der Waals surface area contributed by atoms with Crippen molar-refractivity contribution in [2.45, 2.75) is 57.8 Å². The molecule has 0 spiro atoms. The molecule has 2 fully saturated rings. The van der Waals surface area contributed by atoms with Crippen LogP contribution in [0.25, 0.3) is 11.8 Å². The van der Waals surface area contributed by atoms with Crippen molar-refractivity contribution in [3.8, 4) is 5.69 Å². The molecule has 0 aliphatic heterocycles. The number of hydrogen-bond acceptors (Lipinski definition) is 4. The standard InChI is InChI=1S/C28H34FN5O2S/c1-18-27(19(2)32(4)31-18)37(35,36)33(16-20-5-6-20)17-23-8-7-22-13-26-21(14-28(22,23)3)15-30-34(26)25-11-9-24(29)10-12-25/h9-13,15,20,23H,5-8,14,16-17H2,1-4H3/t23-,28+/m1/s1. The molecule has 196 valence electrons. The van der Waals surface area contributed by atoms with Gasteiger partial charge < -0.3 is 0 Å². The Morgan fingerprint density at radius 2 is 1.86 bits per heavy atom. The Morgan fingerprint density at radius 3 is 2.51 bits per heavy atom. The third-order valence-corrected chi connectivity index (χ3v) is 10.9. The molecule has 0 unspecified atom stereocenters. The van der Waals surface area contributed by atoms with Gasteiger partial charge in [0.15, 0.2) is 0 Å². The van der Waals surface area contributed by atoms with Crippen LogP contribution in [0, 0.1) is 36.9 Å². The lowest BCUT2D eigenvalue weighted by molar-refractivity contribution is 0.217. The maximum Gasteiger partial charge on any atom is 0.246 e. The molecule has 9 heteroatoms. The lowest BCUT2D eigenvalue weighted by Crippen LogP contribution is -2.42. The number of aromatic nitrogens is 4. The molecular weight excluding hydrogens is 489 g/mol. The predicted molar refractivity (Wildman–Crippen MR) is 140 cm³/mol. The van der Waals surface area contributed by atoms with Gasteiger partial charge in [-0.1, -0.05) is 12.5 Å². The first-order valence-electron chi connectivity index (χ1n) is 13.1. The molecule has 0 amide bonds. The van der Waals surface area contributed by atoms with Crippen LogP contribution in [0.3, 0.4) is 0 Å². The average molecular weight is 524 g/mol. The van der Waals surface area contributed by atoms with E-state index in [0.717, 1.165) is 49.0 Å². The lowest BCUT2D eigenvalue weighted by atomic mass is 9.70. The highest BCUT2D eigenvalue weighted by molar-refractivity contribution is 7.89. The first-order valence-corrected chi connectivity index (χ1v) is 14.6. The normalized spacial score (nSPS) is 23.3. The highest BCUT2D eigenvalue weighted by atomic mass is 32.2. The summed E-state index contributed by atoms with van der Waals surface area (Å²) in [6.45, 7) is 7.00. The van der Waals surface area contributed by atoms with Gasteiger partial charge in [0.2, 0.25) is 10.0 Å². The van der Waals surface area contributed by atoms with E-state index in [9.17, 15) is 12.8 Å². The van der Waals surface area contributed by atoms with Crippen molar-refractivity contribution in [2.75, 3.05) is 13.1 Å². The van der Waals surface area contributed by atoms with Gasteiger partial charge in [-0.25, -0.2) is 17.5 Å². The Hall–Kier alpha value is -2.78. The van der Waals surface area contributed by atoms with Gasteiger partial charge in [0.25, 0.3) is 0 Å². The Morgan fingerprint density at radius 1 is 1.14 bits per heavy atom. The maximum absolute atomic E-state index is 14.0. The summed E-state index contributed by atoms with van der Waals surface area (Å²) < 4.78 is 46.8. The lowest BCUT2D eigenvalue weighted by Gasteiger charge is -2.38. The second-order valence-electron chi connectivity index (χ2n) is 11.3. The quantitative estimate of drug-likeness (QED) is 0.445. The summed E-state index contributed by atoms with van der Waals surface area (Å²) in [6, 6.07) is 6.40. The van der Waals surface area contributed by atoms with Crippen molar-refractivity contribution >= 4 is 16.1 Å². The van der Waals surface area contributed by atoms with E-state index in [1.165, 1.54) is 17.7 Å². The molecule has 2 saturated carbocycles. The van der Waals surface area contributed by atoms with Gasteiger partial charge in [0.1, 0.15) is 10.7 Å². The van der Waals surface area contributed by atoms with E-state index in [1.807, 2.05) is 17.8 Å². The SMILES string of the molecule is Cc1nn(C)c(C)c1S(=O)(=O)N(CC1CC1)C[C@H]1CCC2=Cc3c(cnn3-c3ccc(F)cc3)C[C@@]21C. The van der Waals surface area contributed by atoms with Crippen molar-refractivity contribution in [1.82, 2.24) is 23.9 Å². The second kappa shape index (κ2) is 8.63. The number of allylic oxidation sites excluding steroid dienone is 1. The van der Waals surface area contributed by atoms with Crippen LogP contribution in [0.2, 0.25) is 0 Å². The molecule has 7 nitrogen and oxygen atoms in total. The number of rotatable bonds is 7. The molecule has 6 rings (SSSR count). The van der Waals surface area contributed by atoms with E-state index in [-0.39, 0.29) is 17.2 Å². The number of aryl methyl sites for hydroxylation is 2. The van der Waals surface area contributed by atoms with Gasteiger partial charge in [-0.2, -0.15) is 14.5 Å². The molecular formula is C28H34FN5O2S. The van der Waals surface area contributed by atoms with Gasteiger partial charge in [0.05, 0.1) is 29.0 Å². The summed E-state index contributed by atoms with van der Waals surface area (Å²) in [5, 5.41) is 9.02. The van der Waals surface area contributed by atoms with Crippen LogP contribution in [0.4, 0.5) is 4.39 Å². The van der Waals surface area contributed by atoms with Crippen molar-refractivity contribution in [3.05, 3.63) is 64.5 Å². The van der Waals surface area contributed by atoms with Crippen LogP contribution >= 0.6 is 0 Å². The smallest absolute Gasteiger partial charge is 0.246 e. The molecule has 1 aromatic carbocycles. The van der Waals surface area contributed by atoms with Crippen LogP contribution in [-0.4, -0.2) is 45.4 Å². The Kier molecular flexibility index (Phi) is 5.73. The van der Waals surface area contributed by atoms with E-state index < -0.39 is 10.0 Å². The summed E-state index contributed by atoms with van der Waals surface area (Å²) in [4.78, 5) is 0.362. The third kappa shape index (κ3) is 4.07. The molecule has 3 aliphatic carbocycles. The van der Waals surface area contributed by atoms with Crippen molar-refractivity contribution in [2.24, 2.45) is 24.3 Å². The Balaban J connectivity index is 1.31. The minimum absolute atomic E-state index is 0.125. The van der Waals surface area contributed by atoms with E-state index in [2.05, 4.69) is 23.2 Å². The van der Waals surface area contributed by atoms with Crippen molar-refractivity contribution < 1.29 is 12.8 Å². The Labute approximate surface area is 218 Å². The molecule has 2 atom stereocenters. The van der Waals surface area contributed by atoms with Crippen LogP contribution < -0.4 is 0 Å². The largest absolute Gasteiger partial charge is 0.271 e. The maximum atomic E-state index is 14.0. The minimum Gasteiger partial charge on any atom is -0.271 e.